The van der Waals surface area contributed by atoms with Crippen molar-refractivity contribution in [2.45, 2.75) is 49.8 Å². The Morgan fingerprint density at radius 3 is 2.17 bits per heavy atom. The summed E-state index contributed by atoms with van der Waals surface area (Å²) in [6.07, 6.45) is -3.22. The molecule has 4 rings (SSSR count). The van der Waals surface area contributed by atoms with E-state index in [0.717, 1.165) is 24.1 Å². The first kappa shape index (κ1) is 37.0. The Kier molecular flexibility index (Phi) is 12.7. The van der Waals surface area contributed by atoms with Gasteiger partial charge in [-0.05, 0) is 60.0 Å². The molecule has 7 nitrogen and oxygen atoms in total. The fourth-order valence-corrected chi connectivity index (χ4v) is 7.17. The molecular formula is C35H34BrClF3N3O4S. The minimum atomic E-state index is -4.82. The first-order valence-corrected chi connectivity index (χ1v) is 17.7. The second-order valence-corrected chi connectivity index (χ2v) is 14.2. The Hall–Kier alpha value is -3.87. The molecule has 2 amide bonds. The van der Waals surface area contributed by atoms with Crippen molar-refractivity contribution >= 4 is 55.1 Å². The molecule has 4 aromatic rings. The summed E-state index contributed by atoms with van der Waals surface area (Å²) >= 11 is 9.80. The highest BCUT2D eigenvalue weighted by molar-refractivity contribution is 9.10. The third kappa shape index (κ3) is 9.61. The zero-order valence-electron chi connectivity index (χ0n) is 26.0. The lowest BCUT2D eigenvalue weighted by Gasteiger charge is -2.34. The molecule has 0 saturated heterocycles. The zero-order chi connectivity index (χ0) is 34.9. The Balaban J connectivity index is 1.85. The van der Waals surface area contributed by atoms with Gasteiger partial charge in [-0.1, -0.05) is 102 Å². The Labute approximate surface area is 291 Å². The van der Waals surface area contributed by atoms with Crippen LogP contribution in [0.4, 0.5) is 18.9 Å². The van der Waals surface area contributed by atoms with E-state index in [0.29, 0.717) is 33.4 Å². The van der Waals surface area contributed by atoms with Gasteiger partial charge in [0.25, 0.3) is 10.0 Å². The fourth-order valence-electron chi connectivity index (χ4n) is 5.01. The minimum absolute atomic E-state index is 0.0916. The van der Waals surface area contributed by atoms with Crippen molar-refractivity contribution in [3.63, 3.8) is 0 Å². The molecular weight excluding hydrogens is 731 g/mol. The van der Waals surface area contributed by atoms with E-state index in [1.165, 1.54) is 29.2 Å². The van der Waals surface area contributed by atoms with Crippen LogP contribution in [0, 0.1) is 0 Å². The van der Waals surface area contributed by atoms with Crippen LogP contribution in [0.15, 0.2) is 112 Å². The number of carbonyl (C=O) groups excluding carboxylic acids is 2. The third-order valence-corrected chi connectivity index (χ3v) is 10.1. The number of unbranched alkanes of at least 4 members (excludes halogenated alkanes) is 1. The average Bonchev–Trinajstić information content (AvgIpc) is 3.06. The molecule has 0 aliphatic heterocycles. The highest BCUT2D eigenvalue weighted by atomic mass is 79.9. The molecule has 48 heavy (non-hydrogen) atoms. The SMILES string of the molecule is CCCCNC(=O)[C@H](Cc1ccccc1)N(Cc1cccc(Br)c1)C(=O)CN(c1cc(C(F)(F)F)ccc1Cl)S(=O)(=O)c1ccccc1. The molecule has 1 atom stereocenters. The van der Waals surface area contributed by atoms with E-state index < -0.39 is 51.9 Å². The maximum Gasteiger partial charge on any atom is 0.416 e. The fraction of sp³-hybridized carbons (Fsp3) is 0.257. The van der Waals surface area contributed by atoms with Crippen molar-refractivity contribution in [3.8, 4) is 0 Å². The summed E-state index contributed by atoms with van der Waals surface area (Å²) in [6.45, 7) is 1.28. The van der Waals surface area contributed by atoms with Gasteiger partial charge in [-0.15, -0.1) is 0 Å². The highest BCUT2D eigenvalue weighted by Crippen LogP contribution is 2.37. The maximum absolute atomic E-state index is 14.5. The standard InChI is InChI=1S/C35H34BrClF3N3O4S/c1-2-3-19-41-34(45)32(21-25-11-6-4-7-12-25)42(23-26-13-10-14-28(36)20-26)33(44)24-43(48(46,47)29-15-8-5-9-16-29)31-22-27(35(38,39)40)17-18-30(31)37/h4-18,20,22,32H,2-3,19,21,23-24H2,1H3,(H,41,45)/t32-/m0/s1. The number of rotatable bonds is 14. The van der Waals surface area contributed by atoms with Gasteiger partial charge in [0.2, 0.25) is 11.8 Å². The van der Waals surface area contributed by atoms with Crippen molar-refractivity contribution < 1.29 is 31.2 Å². The number of hydrogen-bond acceptors (Lipinski definition) is 4. The summed E-state index contributed by atoms with van der Waals surface area (Å²) in [5.41, 5.74) is -0.300. The molecule has 0 aromatic heterocycles. The lowest BCUT2D eigenvalue weighted by Crippen LogP contribution is -2.53. The minimum Gasteiger partial charge on any atom is -0.354 e. The first-order chi connectivity index (χ1) is 22.8. The second-order valence-electron chi connectivity index (χ2n) is 11.0. The van der Waals surface area contributed by atoms with Crippen LogP contribution in [0.5, 0.6) is 0 Å². The van der Waals surface area contributed by atoms with Gasteiger partial charge in [0.1, 0.15) is 12.6 Å². The first-order valence-electron chi connectivity index (χ1n) is 15.1. The van der Waals surface area contributed by atoms with E-state index in [4.69, 9.17) is 11.6 Å². The van der Waals surface area contributed by atoms with Crippen LogP contribution < -0.4 is 9.62 Å². The van der Waals surface area contributed by atoms with Crippen molar-refractivity contribution in [3.05, 3.63) is 129 Å². The number of amides is 2. The van der Waals surface area contributed by atoms with Crippen LogP contribution >= 0.6 is 27.5 Å². The Morgan fingerprint density at radius 2 is 1.54 bits per heavy atom. The van der Waals surface area contributed by atoms with Crippen LogP contribution in [0.3, 0.4) is 0 Å². The quantitative estimate of drug-likeness (QED) is 0.133. The second kappa shape index (κ2) is 16.5. The van der Waals surface area contributed by atoms with Crippen molar-refractivity contribution in [1.29, 1.82) is 0 Å². The summed E-state index contributed by atoms with van der Waals surface area (Å²) in [5, 5.41) is 2.58. The molecule has 4 aromatic carbocycles. The topological polar surface area (TPSA) is 86.8 Å². The third-order valence-electron chi connectivity index (χ3n) is 7.49. The lowest BCUT2D eigenvalue weighted by atomic mass is 10.0. The van der Waals surface area contributed by atoms with Gasteiger partial charge in [0, 0.05) is 24.0 Å². The van der Waals surface area contributed by atoms with Crippen LogP contribution in [0.25, 0.3) is 0 Å². The summed E-state index contributed by atoms with van der Waals surface area (Å²) in [5.74, 6) is -1.28. The molecule has 1 N–H and O–H groups in total. The smallest absolute Gasteiger partial charge is 0.354 e. The van der Waals surface area contributed by atoms with E-state index in [1.54, 1.807) is 42.5 Å². The number of alkyl halides is 3. The molecule has 0 spiro atoms. The molecule has 0 heterocycles. The molecule has 0 saturated carbocycles. The molecule has 0 unspecified atom stereocenters. The highest BCUT2D eigenvalue weighted by Gasteiger charge is 2.37. The van der Waals surface area contributed by atoms with Gasteiger partial charge in [0.15, 0.2) is 0 Å². The Bertz CT molecular complexity index is 1810. The number of benzene rings is 4. The molecule has 0 radical (unpaired) electrons. The average molecular weight is 765 g/mol. The molecule has 13 heteroatoms. The molecule has 0 bridgehead atoms. The molecule has 0 aliphatic carbocycles. The Morgan fingerprint density at radius 1 is 0.896 bits per heavy atom. The van der Waals surface area contributed by atoms with E-state index in [2.05, 4.69) is 21.2 Å². The van der Waals surface area contributed by atoms with Crippen molar-refractivity contribution in [1.82, 2.24) is 10.2 Å². The zero-order valence-corrected chi connectivity index (χ0v) is 29.1. The summed E-state index contributed by atoms with van der Waals surface area (Å²) < 4.78 is 71.0. The number of nitrogens with one attached hydrogen (secondary N) is 1. The van der Waals surface area contributed by atoms with Gasteiger partial charge < -0.3 is 10.2 Å². The number of halogens is 5. The number of hydrogen-bond donors (Lipinski definition) is 1. The number of carbonyl (C=O) groups is 2. The monoisotopic (exact) mass is 763 g/mol. The number of sulfonamides is 1. The van der Waals surface area contributed by atoms with Gasteiger partial charge >= 0.3 is 6.18 Å². The lowest BCUT2D eigenvalue weighted by molar-refractivity contribution is -0.140. The van der Waals surface area contributed by atoms with Gasteiger partial charge in [0.05, 0.1) is 21.2 Å². The summed E-state index contributed by atoms with van der Waals surface area (Å²) in [6, 6.07) is 24.3. The largest absolute Gasteiger partial charge is 0.416 e. The van der Waals surface area contributed by atoms with E-state index in [1.807, 2.05) is 25.1 Å². The van der Waals surface area contributed by atoms with Crippen LogP contribution in [0.2, 0.25) is 5.02 Å². The summed E-state index contributed by atoms with van der Waals surface area (Å²) in [4.78, 5) is 29.3. The van der Waals surface area contributed by atoms with Crippen LogP contribution in [-0.4, -0.2) is 44.3 Å². The summed E-state index contributed by atoms with van der Waals surface area (Å²) in [7, 11) is -4.64. The van der Waals surface area contributed by atoms with E-state index in [9.17, 15) is 31.2 Å². The van der Waals surface area contributed by atoms with Gasteiger partial charge in [-0.3, -0.25) is 13.9 Å². The van der Waals surface area contributed by atoms with Crippen LogP contribution in [-0.2, 0) is 38.8 Å². The van der Waals surface area contributed by atoms with Crippen molar-refractivity contribution in [2.75, 3.05) is 17.4 Å². The van der Waals surface area contributed by atoms with E-state index >= 15 is 0 Å². The molecule has 0 fully saturated rings. The van der Waals surface area contributed by atoms with Gasteiger partial charge in [-0.2, -0.15) is 13.2 Å². The normalized spacial score (nSPS) is 12.3. The van der Waals surface area contributed by atoms with Gasteiger partial charge in [-0.25, -0.2) is 8.42 Å². The van der Waals surface area contributed by atoms with Crippen molar-refractivity contribution in [2.24, 2.45) is 0 Å². The maximum atomic E-state index is 14.5. The number of nitrogens with zero attached hydrogens (tertiary/aromatic N) is 2. The number of anilines is 1. The molecule has 0 aliphatic rings. The molecule has 254 valence electrons. The predicted octanol–water partition coefficient (Wildman–Crippen LogP) is 7.87. The predicted molar refractivity (Wildman–Crippen MR) is 184 cm³/mol. The van der Waals surface area contributed by atoms with Crippen LogP contribution in [0.1, 0.15) is 36.5 Å². The van der Waals surface area contributed by atoms with E-state index in [-0.39, 0.29) is 22.9 Å².